The van der Waals surface area contributed by atoms with E-state index >= 15 is 0 Å². The molecule has 0 aliphatic heterocycles. The van der Waals surface area contributed by atoms with Crippen molar-refractivity contribution in [1.82, 2.24) is 0 Å². The first-order valence-electron chi connectivity index (χ1n) is 10.3. The number of ether oxygens (including phenoxy) is 1. The third kappa shape index (κ3) is 4.36. The van der Waals surface area contributed by atoms with Crippen molar-refractivity contribution in [2.75, 3.05) is 10.9 Å². The van der Waals surface area contributed by atoms with E-state index in [1.807, 2.05) is 18.2 Å². The predicted octanol–water partition coefficient (Wildman–Crippen LogP) is 5.78. The molecule has 3 aromatic carbocycles. The van der Waals surface area contributed by atoms with Gasteiger partial charge >= 0.3 is 5.97 Å². The van der Waals surface area contributed by atoms with Crippen molar-refractivity contribution in [2.24, 2.45) is 0 Å². The molecule has 4 aromatic rings. The van der Waals surface area contributed by atoms with Gasteiger partial charge in [-0.25, -0.2) is 17.5 Å². The highest BCUT2D eigenvalue weighted by Crippen LogP contribution is 2.37. The van der Waals surface area contributed by atoms with Gasteiger partial charge in [-0.1, -0.05) is 46.3 Å². The van der Waals surface area contributed by atoms with E-state index < -0.39 is 21.9 Å². The van der Waals surface area contributed by atoms with Crippen LogP contribution in [0.15, 0.2) is 86.6 Å². The van der Waals surface area contributed by atoms with Crippen LogP contribution in [0.4, 0.5) is 5.69 Å². The van der Waals surface area contributed by atoms with Gasteiger partial charge in [0.25, 0.3) is 10.0 Å². The predicted molar refractivity (Wildman–Crippen MR) is 132 cm³/mol. The average Bonchev–Trinajstić information content (AvgIpc) is 3.19. The fourth-order valence-corrected chi connectivity index (χ4v) is 5.30. The van der Waals surface area contributed by atoms with E-state index in [0.717, 1.165) is 6.92 Å². The Bertz CT molecular complexity index is 1480. The summed E-state index contributed by atoms with van der Waals surface area (Å²) in [5.41, 5.74) is 1.26. The molecule has 1 heterocycles. The number of hydrogen-bond donors (Lipinski definition) is 0. The normalized spacial score (nSPS) is 11.4. The minimum Gasteiger partial charge on any atom is -0.462 e. The van der Waals surface area contributed by atoms with Gasteiger partial charge < -0.3 is 9.15 Å². The van der Waals surface area contributed by atoms with Crippen LogP contribution in [0.5, 0.6) is 0 Å². The van der Waals surface area contributed by atoms with Gasteiger partial charge in [0.15, 0.2) is 0 Å². The quantitative estimate of drug-likeness (QED) is 0.287. The van der Waals surface area contributed by atoms with Crippen molar-refractivity contribution in [1.29, 1.82) is 0 Å². The number of carbonyl (C=O) groups excluding carboxylic acids is 2. The van der Waals surface area contributed by atoms with Crippen LogP contribution in [-0.4, -0.2) is 26.9 Å². The maximum Gasteiger partial charge on any atom is 0.342 e. The van der Waals surface area contributed by atoms with Crippen LogP contribution in [0.3, 0.4) is 0 Å². The highest BCUT2D eigenvalue weighted by Gasteiger charge is 2.30. The van der Waals surface area contributed by atoms with Gasteiger partial charge in [-0.2, -0.15) is 0 Å². The van der Waals surface area contributed by atoms with E-state index in [-0.39, 0.29) is 22.8 Å². The summed E-state index contributed by atoms with van der Waals surface area (Å²) < 4.78 is 39.3. The Morgan fingerprint density at radius 1 is 1.00 bits per heavy atom. The summed E-state index contributed by atoms with van der Waals surface area (Å²) in [4.78, 5) is 25.4. The molecule has 4 rings (SSSR count). The molecule has 0 unspecified atom stereocenters. The molecule has 34 heavy (non-hydrogen) atoms. The van der Waals surface area contributed by atoms with Crippen molar-refractivity contribution in [3.05, 3.63) is 82.8 Å². The maximum absolute atomic E-state index is 13.3. The van der Waals surface area contributed by atoms with E-state index in [4.69, 9.17) is 9.15 Å². The lowest BCUT2D eigenvalue weighted by Crippen LogP contribution is -2.35. The molecule has 0 radical (unpaired) electrons. The van der Waals surface area contributed by atoms with Gasteiger partial charge in [-0.3, -0.25) is 4.79 Å². The third-order valence-electron chi connectivity index (χ3n) is 5.06. The lowest BCUT2D eigenvalue weighted by atomic mass is 10.1. The van der Waals surface area contributed by atoms with Crippen molar-refractivity contribution >= 4 is 54.5 Å². The molecule has 0 atom stereocenters. The SMILES string of the molecule is CCOC(=O)c1c(-c2ccccc2)oc2ccc(N(C(C)=O)S(=O)(=O)c3ccc(Br)cc3)cc12. The van der Waals surface area contributed by atoms with Crippen LogP contribution in [-0.2, 0) is 19.6 Å². The van der Waals surface area contributed by atoms with Crippen LogP contribution in [0.1, 0.15) is 24.2 Å². The number of anilines is 1. The van der Waals surface area contributed by atoms with Crippen molar-refractivity contribution in [3.63, 3.8) is 0 Å². The fraction of sp³-hybridized carbons (Fsp3) is 0.120. The second kappa shape index (κ2) is 9.44. The summed E-state index contributed by atoms with van der Waals surface area (Å²) in [6, 6.07) is 19.5. The summed E-state index contributed by atoms with van der Waals surface area (Å²) in [5.74, 6) is -1.01. The third-order valence-corrected chi connectivity index (χ3v) is 7.40. The minimum absolute atomic E-state index is 0.0474. The Hall–Kier alpha value is -3.43. The van der Waals surface area contributed by atoms with Gasteiger partial charge in [-0.05, 0) is 49.4 Å². The molecule has 1 aromatic heterocycles. The van der Waals surface area contributed by atoms with Crippen LogP contribution in [0, 0.1) is 0 Å². The van der Waals surface area contributed by atoms with E-state index in [0.29, 0.717) is 31.1 Å². The number of nitrogens with zero attached hydrogens (tertiary/aromatic N) is 1. The molecule has 0 N–H and O–H groups in total. The van der Waals surface area contributed by atoms with E-state index in [9.17, 15) is 18.0 Å². The Balaban J connectivity index is 1.92. The number of benzene rings is 3. The Morgan fingerprint density at radius 2 is 1.68 bits per heavy atom. The Morgan fingerprint density at radius 3 is 2.29 bits per heavy atom. The average molecular weight is 542 g/mol. The highest BCUT2D eigenvalue weighted by molar-refractivity contribution is 9.10. The lowest BCUT2D eigenvalue weighted by Gasteiger charge is -2.21. The molecule has 0 bridgehead atoms. The first-order valence-corrected chi connectivity index (χ1v) is 12.6. The van der Waals surface area contributed by atoms with E-state index in [2.05, 4.69) is 15.9 Å². The number of sulfonamides is 1. The first-order chi connectivity index (χ1) is 16.2. The number of furan rings is 1. The van der Waals surface area contributed by atoms with Gasteiger partial charge in [0.2, 0.25) is 5.91 Å². The second-order valence-corrected chi connectivity index (χ2v) is 10.0. The van der Waals surface area contributed by atoms with Gasteiger partial charge in [-0.15, -0.1) is 0 Å². The van der Waals surface area contributed by atoms with E-state index in [1.54, 1.807) is 31.2 Å². The topological polar surface area (TPSA) is 93.9 Å². The first kappa shape index (κ1) is 23.7. The molecule has 0 aliphatic rings. The van der Waals surface area contributed by atoms with E-state index in [1.165, 1.54) is 30.3 Å². The zero-order valence-electron chi connectivity index (χ0n) is 18.3. The highest BCUT2D eigenvalue weighted by atomic mass is 79.9. The number of hydrogen-bond acceptors (Lipinski definition) is 6. The molecule has 1 amide bonds. The smallest absolute Gasteiger partial charge is 0.342 e. The number of rotatable bonds is 6. The molecule has 9 heteroatoms. The number of carbonyl (C=O) groups is 2. The largest absolute Gasteiger partial charge is 0.462 e. The van der Waals surface area contributed by atoms with Crippen molar-refractivity contribution < 1.29 is 27.2 Å². The number of amides is 1. The number of halogens is 1. The molecule has 0 saturated carbocycles. The maximum atomic E-state index is 13.3. The van der Waals surface area contributed by atoms with Gasteiger partial charge in [0.05, 0.1) is 17.2 Å². The fourth-order valence-electron chi connectivity index (χ4n) is 3.61. The second-order valence-electron chi connectivity index (χ2n) is 7.32. The number of fused-ring (bicyclic) bond motifs is 1. The van der Waals surface area contributed by atoms with Crippen LogP contribution in [0.2, 0.25) is 0 Å². The summed E-state index contributed by atoms with van der Waals surface area (Å²) in [7, 11) is -4.21. The summed E-state index contributed by atoms with van der Waals surface area (Å²) >= 11 is 3.28. The molecule has 0 spiro atoms. The molecule has 0 aliphatic carbocycles. The molecule has 174 valence electrons. The monoisotopic (exact) mass is 541 g/mol. The number of esters is 1. The molecular weight excluding hydrogens is 522 g/mol. The van der Waals surface area contributed by atoms with Crippen molar-refractivity contribution in [3.8, 4) is 11.3 Å². The zero-order chi connectivity index (χ0) is 24.5. The van der Waals surface area contributed by atoms with Crippen molar-refractivity contribution in [2.45, 2.75) is 18.7 Å². The standard InChI is InChI=1S/C25H20BrNO6S/c1-3-32-25(29)23-21-15-19(11-14-22(21)33-24(23)17-7-5-4-6-8-17)27(16(2)28)34(30,31)20-12-9-18(26)10-13-20/h4-15H,3H2,1-2H3. The van der Waals surface area contributed by atoms with Crippen LogP contribution < -0.4 is 4.31 Å². The summed E-state index contributed by atoms with van der Waals surface area (Å²) in [6.07, 6.45) is 0. The minimum atomic E-state index is -4.21. The molecular formula is C25H20BrNO6S. The molecule has 0 saturated heterocycles. The zero-order valence-corrected chi connectivity index (χ0v) is 20.7. The van der Waals surface area contributed by atoms with Gasteiger partial charge in [0.1, 0.15) is 16.9 Å². The van der Waals surface area contributed by atoms with Crippen LogP contribution in [0.25, 0.3) is 22.3 Å². The lowest BCUT2D eigenvalue weighted by molar-refractivity contribution is -0.115. The molecule has 0 fully saturated rings. The van der Waals surface area contributed by atoms with Gasteiger partial charge in [0, 0.05) is 22.3 Å². The summed E-state index contributed by atoms with van der Waals surface area (Å²) in [6.45, 7) is 3.00. The molecule has 7 nitrogen and oxygen atoms in total. The summed E-state index contributed by atoms with van der Waals surface area (Å²) in [5, 5.41) is 0.340. The Labute approximate surface area is 205 Å². The van der Waals surface area contributed by atoms with Crippen LogP contribution >= 0.6 is 15.9 Å². The Kier molecular flexibility index (Phi) is 6.58.